The maximum absolute atomic E-state index is 11.0. The van der Waals surface area contributed by atoms with Gasteiger partial charge in [0.1, 0.15) is 5.82 Å². The Hall–Kier alpha value is -3.19. The number of rotatable bonds is 2. The molecule has 2 aromatic carbocycles. The van der Waals surface area contributed by atoms with Crippen LogP contribution < -0.4 is 16.8 Å². The van der Waals surface area contributed by atoms with Crippen molar-refractivity contribution < 1.29 is 4.79 Å². The molecule has 0 radical (unpaired) electrons. The molecule has 0 aliphatic carbocycles. The van der Waals surface area contributed by atoms with Crippen molar-refractivity contribution in [3.05, 3.63) is 48.5 Å². The monoisotopic (exact) mass is 335 g/mol. The number of urea groups is 1. The van der Waals surface area contributed by atoms with Gasteiger partial charge in [-0.05, 0) is 17.2 Å². The third kappa shape index (κ3) is 2.40. The fourth-order valence-corrected chi connectivity index (χ4v) is 3.72. The molecule has 0 saturated heterocycles. The van der Waals surface area contributed by atoms with Gasteiger partial charge in [-0.2, -0.15) is 4.98 Å². The number of amides is 2. The highest BCUT2D eigenvalue weighted by Gasteiger charge is 2.13. The van der Waals surface area contributed by atoms with E-state index in [1.165, 1.54) is 11.3 Å². The smallest absolute Gasteiger partial charge is 0.319 e. The number of nitrogen functional groups attached to an aromatic ring is 1. The molecule has 0 aliphatic rings. The second kappa shape index (κ2) is 5.47. The lowest BCUT2D eigenvalue weighted by Crippen LogP contribution is -2.21. The van der Waals surface area contributed by atoms with E-state index in [0.717, 1.165) is 25.9 Å². The molecule has 4 rings (SSSR count). The summed E-state index contributed by atoms with van der Waals surface area (Å²) in [7, 11) is 0. The van der Waals surface area contributed by atoms with Crippen molar-refractivity contribution in [2.24, 2.45) is 5.73 Å². The summed E-state index contributed by atoms with van der Waals surface area (Å²) < 4.78 is 1.86. The summed E-state index contributed by atoms with van der Waals surface area (Å²) in [5, 5.41) is 3.34. The van der Waals surface area contributed by atoms with Crippen LogP contribution in [0.4, 0.5) is 16.6 Å². The largest absolute Gasteiger partial charge is 0.382 e. The predicted molar refractivity (Wildman–Crippen MR) is 98.0 cm³/mol. The molecule has 6 nitrogen and oxygen atoms in total. The van der Waals surface area contributed by atoms with Crippen LogP contribution in [0.25, 0.3) is 31.4 Å². The number of nitrogens with one attached hydrogen (secondary N) is 1. The van der Waals surface area contributed by atoms with E-state index in [2.05, 4.69) is 33.5 Å². The summed E-state index contributed by atoms with van der Waals surface area (Å²) in [6, 6.07) is 15.6. The summed E-state index contributed by atoms with van der Waals surface area (Å²) in [6.07, 6.45) is 0. The van der Waals surface area contributed by atoms with Gasteiger partial charge in [-0.1, -0.05) is 42.5 Å². The molecule has 2 aromatic heterocycles. The highest BCUT2D eigenvalue weighted by atomic mass is 32.1. The van der Waals surface area contributed by atoms with E-state index >= 15 is 0 Å². The van der Waals surface area contributed by atoms with Gasteiger partial charge in [-0.3, -0.25) is 5.32 Å². The molecule has 118 valence electrons. The SMILES string of the molecule is NC(=O)Nc1nc(N)c2sc3cc(-c4ccccc4)ccc3c2n1. The van der Waals surface area contributed by atoms with Crippen LogP contribution in [0.1, 0.15) is 0 Å². The van der Waals surface area contributed by atoms with Crippen LogP contribution in [0.5, 0.6) is 0 Å². The predicted octanol–water partition coefficient (Wildman–Crippen LogP) is 3.58. The first kappa shape index (κ1) is 14.4. The van der Waals surface area contributed by atoms with Gasteiger partial charge in [0, 0.05) is 10.1 Å². The zero-order valence-electron chi connectivity index (χ0n) is 12.5. The molecule has 24 heavy (non-hydrogen) atoms. The minimum Gasteiger partial charge on any atom is -0.382 e. The standard InChI is InChI=1S/C17H13N5OS/c18-15-14-13(20-17(21-15)22-16(19)23)11-7-6-10(8-12(11)24-14)9-4-2-1-3-5-9/h1-8H,(H5,18,19,20,21,22,23). The Labute approximate surface area is 141 Å². The van der Waals surface area contributed by atoms with Crippen LogP contribution >= 0.6 is 11.3 Å². The maximum Gasteiger partial charge on any atom is 0.319 e. The number of benzene rings is 2. The van der Waals surface area contributed by atoms with Crippen LogP contribution in [-0.2, 0) is 0 Å². The highest BCUT2D eigenvalue weighted by molar-refractivity contribution is 7.26. The van der Waals surface area contributed by atoms with Crippen molar-refractivity contribution in [3.63, 3.8) is 0 Å². The van der Waals surface area contributed by atoms with Crippen molar-refractivity contribution in [1.29, 1.82) is 0 Å². The van der Waals surface area contributed by atoms with Gasteiger partial charge >= 0.3 is 6.03 Å². The molecule has 0 fully saturated rings. The Bertz CT molecular complexity index is 1070. The number of primary amides is 1. The van der Waals surface area contributed by atoms with Gasteiger partial charge in [0.15, 0.2) is 0 Å². The average molecular weight is 335 g/mol. The van der Waals surface area contributed by atoms with Crippen molar-refractivity contribution >= 4 is 49.4 Å². The Morgan fingerprint density at radius 2 is 1.83 bits per heavy atom. The van der Waals surface area contributed by atoms with Crippen molar-refractivity contribution in [1.82, 2.24) is 9.97 Å². The zero-order valence-corrected chi connectivity index (χ0v) is 13.3. The maximum atomic E-state index is 11.0. The highest BCUT2D eigenvalue weighted by Crippen LogP contribution is 2.37. The van der Waals surface area contributed by atoms with Crippen LogP contribution in [0.2, 0.25) is 0 Å². The van der Waals surface area contributed by atoms with E-state index in [-0.39, 0.29) is 5.95 Å². The number of carbonyl (C=O) groups excluding carboxylic acids is 1. The van der Waals surface area contributed by atoms with Gasteiger partial charge in [-0.15, -0.1) is 11.3 Å². The minimum atomic E-state index is -0.723. The molecular formula is C17H13N5OS. The fourth-order valence-electron chi connectivity index (χ4n) is 2.64. The number of thiophene rings is 1. The van der Waals surface area contributed by atoms with E-state index in [4.69, 9.17) is 11.5 Å². The first-order valence-electron chi connectivity index (χ1n) is 7.23. The van der Waals surface area contributed by atoms with Crippen molar-refractivity contribution in [2.75, 3.05) is 11.1 Å². The molecule has 0 bridgehead atoms. The molecule has 5 N–H and O–H groups in total. The second-order valence-corrected chi connectivity index (χ2v) is 6.33. The Kier molecular flexibility index (Phi) is 3.28. The lowest BCUT2D eigenvalue weighted by molar-refractivity contribution is 0.259. The summed E-state index contributed by atoms with van der Waals surface area (Å²) in [5.41, 5.74) is 14.1. The minimum absolute atomic E-state index is 0.110. The van der Waals surface area contributed by atoms with E-state index in [9.17, 15) is 4.79 Å². The number of hydrogen-bond acceptors (Lipinski definition) is 5. The number of nitrogens with zero attached hydrogens (tertiary/aromatic N) is 2. The first-order valence-corrected chi connectivity index (χ1v) is 8.05. The van der Waals surface area contributed by atoms with Crippen molar-refractivity contribution in [3.8, 4) is 11.1 Å². The Morgan fingerprint density at radius 3 is 2.58 bits per heavy atom. The Morgan fingerprint density at radius 1 is 1.04 bits per heavy atom. The first-order chi connectivity index (χ1) is 11.6. The molecule has 7 heteroatoms. The molecule has 0 spiro atoms. The molecule has 2 amide bonds. The topological polar surface area (TPSA) is 107 Å². The molecular weight excluding hydrogens is 322 g/mol. The van der Waals surface area contributed by atoms with Gasteiger partial charge in [0.25, 0.3) is 0 Å². The zero-order chi connectivity index (χ0) is 16.7. The van der Waals surface area contributed by atoms with Crippen LogP contribution in [0.3, 0.4) is 0 Å². The summed E-state index contributed by atoms with van der Waals surface area (Å²) in [4.78, 5) is 19.5. The quantitative estimate of drug-likeness (QED) is 0.520. The normalized spacial score (nSPS) is 11.0. The molecule has 0 aliphatic heterocycles. The van der Waals surface area contributed by atoms with E-state index < -0.39 is 6.03 Å². The number of nitrogens with two attached hydrogens (primary N) is 2. The number of hydrogen-bond donors (Lipinski definition) is 3. The van der Waals surface area contributed by atoms with Crippen LogP contribution in [0, 0.1) is 0 Å². The van der Waals surface area contributed by atoms with Crippen LogP contribution in [-0.4, -0.2) is 16.0 Å². The van der Waals surface area contributed by atoms with E-state index in [1.54, 1.807) is 0 Å². The second-order valence-electron chi connectivity index (χ2n) is 5.28. The summed E-state index contributed by atoms with van der Waals surface area (Å²) in [6.45, 7) is 0. The molecule has 0 unspecified atom stereocenters. The summed E-state index contributed by atoms with van der Waals surface area (Å²) >= 11 is 1.53. The number of anilines is 2. The lowest BCUT2D eigenvalue weighted by Gasteiger charge is -2.02. The fraction of sp³-hybridized carbons (Fsp3) is 0. The van der Waals surface area contributed by atoms with Gasteiger partial charge in [-0.25, -0.2) is 9.78 Å². The third-order valence-electron chi connectivity index (χ3n) is 3.68. The number of fused-ring (bicyclic) bond motifs is 3. The molecule has 2 heterocycles. The number of carbonyl (C=O) groups is 1. The molecule has 0 atom stereocenters. The van der Waals surface area contributed by atoms with Crippen molar-refractivity contribution in [2.45, 2.75) is 0 Å². The lowest BCUT2D eigenvalue weighted by atomic mass is 10.0. The van der Waals surface area contributed by atoms with Gasteiger partial charge in [0.05, 0.1) is 10.2 Å². The average Bonchev–Trinajstić information content (AvgIpc) is 2.93. The van der Waals surface area contributed by atoms with Gasteiger partial charge in [0.2, 0.25) is 5.95 Å². The van der Waals surface area contributed by atoms with E-state index in [1.807, 2.05) is 30.3 Å². The molecule has 4 aromatic rings. The van der Waals surface area contributed by atoms with Crippen LogP contribution in [0.15, 0.2) is 48.5 Å². The molecule has 0 saturated carbocycles. The third-order valence-corrected chi connectivity index (χ3v) is 4.85. The van der Waals surface area contributed by atoms with Gasteiger partial charge < -0.3 is 11.5 Å². The summed E-state index contributed by atoms with van der Waals surface area (Å²) in [5.74, 6) is 0.436. The van der Waals surface area contributed by atoms with E-state index in [0.29, 0.717) is 11.3 Å². The number of aromatic nitrogens is 2. The Balaban J connectivity index is 1.91.